The first-order valence-corrected chi connectivity index (χ1v) is 8.94. The lowest BCUT2D eigenvalue weighted by Crippen LogP contribution is -2.43. The van der Waals surface area contributed by atoms with Gasteiger partial charge in [0, 0.05) is 17.5 Å². The zero-order chi connectivity index (χ0) is 14.4. The van der Waals surface area contributed by atoms with E-state index < -0.39 is 0 Å². The number of likely N-dealkylation sites (tertiary alicyclic amines) is 1. The molecule has 3 heterocycles. The van der Waals surface area contributed by atoms with Crippen molar-refractivity contribution in [2.24, 2.45) is 0 Å². The van der Waals surface area contributed by atoms with Gasteiger partial charge in [0.15, 0.2) is 0 Å². The number of hydrogen-bond acceptors (Lipinski definition) is 4. The lowest BCUT2D eigenvalue weighted by atomic mass is 10.2. The molecule has 1 spiro atoms. The molecule has 5 heteroatoms. The van der Waals surface area contributed by atoms with Crippen molar-refractivity contribution >= 4 is 17.2 Å². The normalized spacial score (nSPS) is 29.5. The minimum absolute atomic E-state index is 0.0880. The highest BCUT2D eigenvalue weighted by Crippen LogP contribution is 2.46. The van der Waals surface area contributed by atoms with Crippen molar-refractivity contribution < 1.29 is 4.79 Å². The zero-order valence-corrected chi connectivity index (χ0v) is 13.4. The minimum Gasteiger partial charge on any atom is -0.319 e. The van der Waals surface area contributed by atoms with Gasteiger partial charge >= 0.3 is 0 Å². The highest BCUT2D eigenvalue weighted by Gasteiger charge is 2.59. The fourth-order valence-corrected chi connectivity index (χ4v) is 4.51. The Morgan fingerprint density at radius 2 is 2.19 bits per heavy atom. The first-order valence-electron chi connectivity index (χ1n) is 8.06. The Hall–Kier alpha value is -0.910. The quantitative estimate of drug-likeness (QED) is 0.926. The predicted molar refractivity (Wildman–Crippen MR) is 84.1 cm³/mol. The first-order chi connectivity index (χ1) is 10.2. The Morgan fingerprint density at radius 1 is 1.43 bits per heavy atom. The van der Waals surface area contributed by atoms with Crippen LogP contribution >= 0.6 is 11.3 Å². The van der Waals surface area contributed by atoms with Gasteiger partial charge < -0.3 is 4.90 Å². The number of carbonyl (C=O) groups excluding carboxylic acids is 1. The van der Waals surface area contributed by atoms with Crippen LogP contribution in [0.3, 0.4) is 0 Å². The van der Waals surface area contributed by atoms with Crippen molar-refractivity contribution in [1.82, 2.24) is 15.1 Å². The van der Waals surface area contributed by atoms with Crippen LogP contribution in [-0.2, 0) is 4.79 Å². The van der Waals surface area contributed by atoms with Crippen molar-refractivity contribution in [3.8, 4) is 0 Å². The standard InChI is InChI=1S/C16H23N3OS/c1-12(18-8-2-3-9-18)11-19-14(13-5-4-10-21-13)17-16(6-7-16)15(19)20/h4-5,10,12,14,17H,2-3,6-9,11H2,1H3. The summed E-state index contributed by atoms with van der Waals surface area (Å²) < 4.78 is 0. The minimum atomic E-state index is -0.223. The van der Waals surface area contributed by atoms with Gasteiger partial charge in [0.25, 0.3) is 0 Å². The van der Waals surface area contributed by atoms with Crippen LogP contribution in [0, 0.1) is 0 Å². The Morgan fingerprint density at radius 3 is 2.81 bits per heavy atom. The predicted octanol–water partition coefficient (Wildman–Crippen LogP) is 2.20. The highest BCUT2D eigenvalue weighted by atomic mass is 32.1. The number of hydrogen-bond donors (Lipinski definition) is 1. The number of nitrogens with zero attached hydrogens (tertiary/aromatic N) is 2. The smallest absolute Gasteiger partial charge is 0.244 e. The molecule has 0 bridgehead atoms. The molecular weight excluding hydrogens is 282 g/mol. The number of amides is 1. The molecule has 21 heavy (non-hydrogen) atoms. The summed E-state index contributed by atoms with van der Waals surface area (Å²) in [5, 5.41) is 5.71. The summed E-state index contributed by atoms with van der Waals surface area (Å²) >= 11 is 1.74. The van der Waals surface area contributed by atoms with Gasteiger partial charge in [-0.2, -0.15) is 0 Å². The maximum Gasteiger partial charge on any atom is 0.244 e. The molecule has 1 saturated carbocycles. The number of carbonyl (C=O) groups is 1. The van der Waals surface area contributed by atoms with Crippen molar-refractivity contribution in [3.63, 3.8) is 0 Å². The molecule has 3 aliphatic rings. The van der Waals surface area contributed by atoms with E-state index in [1.807, 2.05) is 0 Å². The molecular formula is C16H23N3OS. The summed E-state index contributed by atoms with van der Waals surface area (Å²) in [7, 11) is 0. The van der Waals surface area contributed by atoms with Crippen LogP contribution in [0.25, 0.3) is 0 Å². The fraction of sp³-hybridized carbons (Fsp3) is 0.688. The molecule has 1 aliphatic carbocycles. The van der Waals surface area contributed by atoms with Gasteiger partial charge in [-0.25, -0.2) is 0 Å². The maximum atomic E-state index is 12.8. The van der Waals surface area contributed by atoms with Crippen molar-refractivity contribution in [2.75, 3.05) is 19.6 Å². The third kappa shape index (κ3) is 2.31. The molecule has 2 saturated heterocycles. The average Bonchev–Trinajstić information content (AvgIpc) is 2.94. The van der Waals surface area contributed by atoms with E-state index in [9.17, 15) is 4.79 Å². The molecule has 2 unspecified atom stereocenters. The zero-order valence-electron chi connectivity index (χ0n) is 12.5. The van der Waals surface area contributed by atoms with Gasteiger partial charge in [-0.05, 0) is 57.1 Å². The maximum absolute atomic E-state index is 12.8. The molecule has 3 fully saturated rings. The van der Waals surface area contributed by atoms with E-state index in [1.54, 1.807) is 11.3 Å². The summed E-state index contributed by atoms with van der Waals surface area (Å²) in [5.74, 6) is 0.326. The SMILES string of the molecule is CC(CN1C(=O)C2(CC2)NC1c1cccs1)N1CCCC1. The molecule has 2 aliphatic heterocycles. The molecule has 0 aromatic carbocycles. The molecule has 1 N–H and O–H groups in total. The molecule has 1 aromatic rings. The lowest BCUT2D eigenvalue weighted by molar-refractivity contribution is -0.131. The highest BCUT2D eigenvalue weighted by molar-refractivity contribution is 7.10. The topological polar surface area (TPSA) is 35.6 Å². The second-order valence-corrected chi connectivity index (χ2v) is 7.67. The van der Waals surface area contributed by atoms with E-state index in [0.29, 0.717) is 11.9 Å². The molecule has 2 atom stereocenters. The summed E-state index contributed by atoms with van der Waals surface area (Å²) in [4.78, 5) is 18.7. The summed E-state index contributed by atoms with van der Waals surface area (Å²) in [6.07, 6.45) is 4.69. The van der Waals surface area contributed by atoms with E-state index in [0.717, 1.165) is 19.4 Å². The van der Waals surface area contributed by atoms with Crippen LogP contribution in [-0.4, -0.2) is 46.9 Å². The number of nitrogens with one attached hydrogen (secondary N) is 1. The van der Waals surface area contributed by atoms with E-state index in [4.69, 9.17) is 0 Å². The monoisotopic (exact) mass is 305 g/mol. The van der Waals surface area contributed by atoms with Gasteiger partial charge in [-0.15, -0.1) is 11.3 Å². The van der Waals surface area contributed by atoms with Crippen LogP contribution in [0.1, 0.15) is 43.6 Å². The number of rotatable bonds is 4. The van der Waals surface area contributed by atoms with Crippen LogP contribution in [0.2, 0.25) is 0 Å². The first kappa shape index (κ1) is 13.7. The van der Waals surface area contributed by atoms with E-state index in [-0.39, 0.29) is 11.7 Å². The molecule has 1 aromatic heterocycles. The number of thiophene rings is 1. The van der Waals surface area contributed by atoms with Crippen molar-refractivity contribution in [3.05, 3.63) is 22.4 Å². The Labute approximate surface area is 130 Å². The lowest BCUT2D eigenvalue weighted by Gasteiger charge is -2.31. The Bertz CT molecular complexity index is 520. The van der Waals surface area contributed by atoms with Gasteiger partial charge in [0.1, 0.15) is 11.7 Å². The van der Waals surface area contributed by atoms with Crippen LogP contribution in [0.5, 0.6) is 0 Å². The van der Waals surface area contributed by atoms with E-state index in [2.05, 4.69) is 39.6 Å². The van der Waals surface area contributed by atoms with Crippen LogP contribution in [0.4, 0.5) is 0 Å². The Kier molecular flexibility index (Phi) is 3.32. The van der Waals surface area contributed by atoms with E-state index >= 15 is 0 Å². The second kappa shape index (κ2) is 5.07. The molecule has 4 nitrogen and oxygen atoms in total. The molecule has 114 valence electrons. The molecule has 4 rings (SSSR count). The third-order valence-electron chi connectivity index (χ3n) is 5.18. The van der Waals surface area contributed by atoms with Crippen LogP contribution < -0.4 is 5.32 Å². The van der Waals surface area contributed by atoms with Gasteiger partial charge in [0.2, 0.25) is 5.91 Å². The summed E-state index contributed by atoms with van der Waals surface area (Å²) in [6.45, 7) is 5.48. The fourth-order valence-electron chi connectivity index (χ4n) is 3.72. The average molecular weight is 305 g/mol. The largest absolute Gasteiger partial charge is 0.319 e. The van der Waals surface area contributed by atoms with Gasteiger partial charge in [-0.1, -0.05) is 6.07 Å². The second-order valence-electron chi connectivity index (χ2n) is 6.69. The van der Waals surface area contributed by atoms with Crippen LogP contribution in [0.15, 0.2) is 17.5 Å². The van der Waals surface area contributed by atoms with Gasteiger partial charge in [0.05, 0.1) is 0 Å². The molecule has 0 radical (unpaired) electrons. The van der Waals surface area contributed by atoms with Gasteiger partial charge in [-0.3, -0.25) is 15.0 Å². The molecule has 1 amide bonds. The van der Waals surface area contributed by atoms with E-state index in [1.165, 1.54) is 30.8 Å². The van der Waals surface area contributed by atoms with Crippen molar-refractivity contribution in [2.45, 2.75) is 50.4 Å². The Balaban J connectivity index is 1.53. The summed E-state index contributed by atoms with van der Waals surface area (Å²) in [5.41, 5.74) is -0.223. The van der Waals surface area contributed by atoms with Crippen molar-refractivity contribution in [1.29, 1.82) is 0 Å². The summed E-state index contributed by atoms with van der Waals surface area (Å²) in [6, 6.07) is 4.67. The third-order valence-corrected chi connectivity index (χ3v) is 6.11.